The minimum atomic E-state index is -1.29. The predicted octanol–water partition coefficient (Wildman–Crippen LogP) is 0.841. The minimum absolute atomic E-state index is 0.0839. The Morgan fingerprint density at radius 3 is 2.95 bits per heavy atom. The van der Waals surface area contributed by atoms with Gasteiger partial charge in [-0.25, -0.2) is 9.18 Å². The lowest BCUT2D eigenvalue weighted by molar-refractivity contribution is -0.117. The van der Waals surface area contributed by atoms with Crippen LogP contribution in [0.5, 0.6) is 0 Å². The standard InChI is InChI=1S/C13H15FN2O4/c14-8-1-2-11(10(5-8)13(18)19)16-12(17)6-9-7-20-4-3-15-9/h1-2,5,9,15H,3-4,6-7H2,(H,16,17)(H,18,19). The number of carboxylic acids is 1. The topological polar surface area (TPSA) is 87.7 Å². The average molecular weight is 282 g/mol. The first kappa shape index (κ1) is 14.4. The Hall–Kier alpha value is -1.99. The molecule has 1 unspecified atom stereocenters. The Morgan fingerprint density at radius 2 is 2.30 bits per heavy atom. The van der Waals surface area contributed by atoms with Crippen LogP contribution in [0, 0.1) is 5.82 Å². The number of halogens is 1. The number of amides is 1. The molecule has 6 nitrogen and oxygen atoms in total. The summed E-state index contributed by atoms with van der Waals surface area (Å²) < 4.78 is 18.2. The molecule has 7 heteroatoms. The summed E-state index contributed by atoms with van der Waals surface area (Å²) in [5, 5.41) is 14.6. The van der Waals surface area contributed by atoms with Gasteiger partial charge in [0.25, 0.3) is 0 Å². The number of hydrogen-bond donors (Lipinski definition) is 3. The van der Waals surface area contributed by atoms with Crippen molar-refractivity contribution >= 4 is 17.6 Å². The van der Waals surface area contributed by atoms with Crippen molar-refractivity contribution in [3.63, 3.8) is 0 Å². The van der Waals surface area contributed by atoms with Crippen LogP contribution in [-0.2, 0) is 9.53 Å². The lowest BCUT2D eigenvalue weighted by atomic mass is 10.1. The van der Waals surface area contributed by atoms with Crippen LogP contribution < -0.4 is 10.6 Å². The van der Waals surface area contributed by atoms with Crippen molar-refractivity contribution in [3.05, 3.63) is 29.6 Å². The van der Waals surface area contributed by atoms with Gasteiger partial charge in [-0.15, -0.1) is 0 Å². The molecule has 1 aliphatic rings. The Morgan fingerprint density at radius 1 is 1.50 bits per heavy atom. The minimum Gasteiger partial charge on any atom is -0.478 e. The van der Waals surface area contributed by atoms with Crippen molar-refractivity contribution in [2.75, 3.05) is 25.1 Å². The first-order chi connectivity index (χ1) is 9.56. The second kappa shape index (κ2) is 6.44. The maximum absolute atomic E-state index is 13.0. The largest absolute Gasteiger partial charge is 0.478 e. The number of carbonyl (C=O) groups excluding carboxylic acids is 1. The fraction of sp³-hybridized carbons (Fsp3) is 0.385. The van der Waals surface area contributed by atoms with Crippen LogP contribution in [0.25, 0.3) is 0 Å². The molecule has 1 heterocycles. The van der Waals surface area contributed by atoms with E-state index in [2.05, 4.69) is 10.6 Å². The molecule has 2 rings (SSSR count). The second-order valence-corrected chi connectivity index (χ2v) is 4.47. The summed E-state index contributed by atoms with van der Waals surface area (Å²) in [5.41, 5.74) is -0.188. The van der Waals surface area contributed by atoms with Crippen molar-refractivity contribution in [1.82, 2.24) is 5.32 Å². The van der Waals surface area contributed by atoms with E-state index in [4.69, 9.17) is 9.84 Å². The molecular weight excluding hydrogens is 267 g/mol. The summed E-state index contributed by atoms with van der Waals surface area (Å²) >= 11 is 0. The summed E-state index contributed by atoms with van der Waals surface area (Å²) in [7, 11) is 0. The fourth-order valence-electron chi connectivity index (χ4n) is 1.98. The van der Waals surface area contributed by atoms with Crippen molar-refractivity contribution in [3.8, 4) is 0 Å². The predicted molar refractivity (Wildman–Crippen MR) is 69.2 cm³/mol. The van der Waals surface area contributed by atoms with Crippen molar-refractivity contribution < 1.29 is 23.8 Å². The molecule has 20 heavy (non-hydrogen) atoms. The number of nitrogens with one attached hydrogen (secondary N) is 2. The maximum Gasteiger partial charge on any atom is 0.337 e. The van der Waals surface area contributed by atoms with Gasteiger partial charge in [-0.05, 0) is 18.2 Å². The third-order valence-electron chi connectivity index (χ3n) is 2.92. The number of ether oxygens (including phenoxy) is 1. The van der Waals surface area contributed by atoms with Crippen molar-refractivity contribution in [2.45, 2.75) is 12.5 Å². The quantitative estimate of drug-likeness (QED) is 0.761. The highest BCUT2D eigenvalue weighted by molar-refractivity contribution is 6.00. The molecule has 1 aromatic carbocycles. The van der Waals surface area contributed by atoms with E-state index < -0.39 is 11.8 Å². The highest BCUT2D eigenvalue weighted by Gasteiger charge is 2.19. The Bertz CT molecular complexity index is 515. The third-order valence-corrected chi connectivity index (χ3v) is 2.92. The molecule has 0 aromatic heterocycles. The first-order valence-corrected chi connectivity index (χ1v) is 6.20. The molecule has 0 bridgehead atoms. The van der Waals surface area contributed by atoms with E-state index in [0.717, 1.165) is 12.1 Å². The molecule has 1 amide bonds. The molecule has 1 fully saturated rings. The fourth-order valence-corrected chi connectivity index (χ4v) is 1.98. The zero-order chi connectivity index (χ0) is 14.5. The number of benzene rings is 1. The van der Waals surface area contributed by atoms with Crippen molar-refractivity contribution in [1.29, 1.82) is 0 Å². The van der Waals surface area contributed by atoms with Crippen LogP contribution in [0.15, 0.2) is 18.2 Å². The van der Waals surface area contributed by atoms with Crippen LogP contribution in [0.4, 0.5) is 10.1 Å². The summed E-state index contributed by atoms with van der Waals surface area (Å²) in [5.74, 6) is -2.30. The van der Waals surface area contributed by atoms with Gasteiger partial charge in [0.15, 0.2) is 0 Å². The monoisotopic (exact) mass is 282 g/mol. The molecule has 1 aromatic rings. The highest BCUT2D eigenvalue weighted by atomic mass is 19.1. The van der Waals surface area contributed by atoms with Gasteiger partial charge < -0.3 is 20.5 Å². The van der Waals surface area contributed by atoms with Crippen LogP contribution >= 0.6 is 0 Å². The van der Waals surface area contributed by atoms with Crippen LogP contribution in [0.2, 0.25) is 0 Å². The van der Waals surface area contributed by atoms with Gasteiger partial charge in [0, 0.05) is 19.0 Å². The van der Waals surface area contributed by atoms with Gasteiger partial charge in [-0.1, -0.05) is 0 Å². The maximum atomic E-state index is 13.0. The van der Waals surface area contributed by atoms with Gasteiger partial charge in [0.05, 0.1) is 24.5 Å². The molecule has 0 saturated carbocycles. The number of carboxylic acid groups (broad SMARTS) is 1. The van der Waals surface area contributed by atoms with Crippen molar-refractivity contribution in [2.24, 2.45) is 0 Å². The van der Waals surface area contributed by atoms with E-state index in [-0.39, 0.29) is 29.6 Å². The lowest BCUT2D eigenvalue weighted by Crippen LogP contribution is -2.43. The number of carbonyl (C=O) groups is 2. The lowest BCUT2D eigenvalue weighted by Gasteiger charge is -2.23. The van der Waals surface area contributed by atoms with Crippen LogP contribution in [0.1, 0.15) is 16.8 Å². The molecule has 1 saturated heterocycles. The SMILES string of the molecule is O=C(CC1COCCN1)Nc1ccc(F)cc1C(=O)O. The molecule has 1 aliphatic heterocycles. The first-order valence-electron chi connectivity index (χ1n) is 6.20. The Balaban J connectivity index is 2.01. The summed E-state index contributed by atoms with van der Waals surface area (Å²) in [6.07, 6.45) is 0.163. The van der Waals surface area contributed by atoms with Gasteiger partial charge in [0.2, 0.25) is 5.91 Å². The van der Waals surface area contributed by atoms with Gasteiger partial charge >= 0.3 is 5.97 Å². The molecule has 0 aliphatic carbocycles. The van der Waals surface area contributed by atoms with Gasteiger partial charge in [-0.2, -0.15) is 0 Å². The Kier molecular flexibility index (Phi) is 4.65. The second-order valence-electron chi connectivity index (χ2n) is 4.47. The number of rotatable bonds is 4. The molecule has 1 atom stereocenters. The molecule has 0 spiro atoms. The molecular formula is C13H15FN2O4. The summed E-state index contributed by atoms with van der Waals surface area (Å²) in [6.45, 7) is 1.72. The number of aromatic carboxylic acids is 1. The van der Waals surface area contributed by atoms with Crippen LogP contribution in [-0.4, -0.2) is 42.8 Å². The zero-order valence-electron chi connectivity index (χ0n) is 10.7. The van der Waals surface area contributed by atoms with E-state index in [1.807, 2.05) is 0 Å². The Labute approximate surface area is 114 Å². The van der Waals surface area contributed by atoms with Crippen LogP contribution in [0.3, 0.4) is 0 Å². The smallest absolute Gasteiger partial charge is 0.337 e. The number of morpholine rings is 1. The number of hydrogen-bond acceptors (Lipinski definition) is 4. The average Bonchev–Trinajstić information content (AvgIpc) is 2.41. The van der Waals surface area contributed by atoms with E-state index in [0.29, 0.717) is 19.8 Å². The molecule has 3 N–H and O–H groups in total. The molecule has 0 radical (unpaired) electrons. The highest BCUT2D eigenvalue weighted by Crippen LogP contribution is 2.17. The van der Waals surface area contributed by atoms with E-state index in [1.54, 1.807) is 0 Å². The van der Waals surface area contributed by atoms with E-state index >= 15 is 0 Å². The summed E-state index contributed by atoms with van der Waals surface area (Å²) in [4.78, 5) is 22.8. The zero-order valence-corrected chi connectivity index (χ0v) is 10.7. The van der Waals surface area contributed by atoms with Gasteiger partial charge in [0.1, 0.15) is 5.82 Å². The van der Waals surface area contributed by atoms with E-state index in [1.165, 1.54) is 6.07 Å². The summed E-state index contributed by atoms with van der Waals surface area (Å²) in [6, 6.07) is 3.11. The van der Waals surface area contributed by atoms with Gasteiger partial charge in [-0.3, -0.25) is 4.79 Å². The normalized spacial score (nSPS) is 18.6. The number of anilines is 1. The molecule has 108 valence electrons. The van der Waals surface area contributed by atoms with E-state index in [9.17, 15) is 14.0 Å². The third kappa shape index (κ3) is 3.75.